The van der Waals surface area contributed by atoms with Crippen molar-refractivity contribution in [1.29, 1.82) is 10.8 Å². The Balaban J connectivity index is 2.30. The number of benzene rings is 2. The smallest absolute Gasteiger partial charge is 0.0693 e. The number of hydrogen-bond donors (Lipinski definition) is 2. The van der Waals surface area contributed by atoms with E-state index in [-0.39, 0.29) is 0 Å². The first kappa shape index (κ1) is 12.8. The van der Waals surface area contributed by atoms with Gasteiger partial charge in [0, 0.05) is 29.7 Å². The van der Waals surface area contributed by atoms with E-state index < -0.39 is 0 Å². The molecule has 0 radical (unpaired) electrons. The van der Waals surface area contributed by atoms with Gasteiger partial charge in [0.15, 0.2) is 0 Å². The minimum Gasteiger partial charge on any atom is -0.309 e. The van der Waals surface area contributed by atoms with Crippen LogP contribution in [0.4, 0.5) is 0 Å². The fourth-order valence-corrected chi connectivity index (χ4v) is 2.94. The van der Waals surface area contributed by atoms with E-state index in [0.29, 0.717) is 18.6 Å². The second kappa shape index (κ2) is 4.71. The lowest BCUT2D eigenvalue weighted by molar-refractivity contribution is 1.13. The van der Waals surface area contributed by atoms with Gasteiger partial charge in [-0.1, -0.05) is 36.4 Å². The molecule has 0 atom stereocenters. The molecule has 0 aliphatic heterocycles. The Morgan fingerprint density at radius 1 is 0.850 bits per heavy atom. The first-order valence-electron chi connectivity index (χ1n) is 6.90. The van der Waals surface area contributed by atoms with Crippen LogP contribution in [0.25, 0.3) is 0 Å². The molecule has 1 aliphatic carbocycles. The lowest BCUT2D eigenvalue weighted by atomic mass is 9.83. The predicted octanol–water partition coefficient (Wildman–Crippen LogP) is 3.84. The Kier molecular flexibility index (Phi) is 3.01. The Morgan fingerprint density at radius 3 is 2.35 bits per heavy atom. The van der Waals surface area contributed by atoms with Gasteiger partial charge >= 0.3 is 0 Å². The summed E-state index contributed by atoms with van der Waals surface area (Å²) in [6, 6.07) is 12.2. The van der Waals surface area contributed by atoms with Crippen LogP contribution in [0.5, 0.6) is 0 Å². The van der Waals surface area contributed by atoms with Crippen molar-refractivity contribution < 1.29 is 0 Å². The van der Waals surface area contributed by atoms with Crippen molar-refractivity contribution in [2.75, 3.05) is 0 Å². The summed E-state index contributed by atoms with van der Waals surface area (Å²) in [6.45, 7) is 4.16. The number of fused-ring (bicyclic) bond motifs is 2. The molecule has 100 valence electrons. The van der Waals surface area contributed by atoms with Crippen LogP contribution in [0.1, 0.15) is 33.4 Å². The molecule has 0 spiro atoms. The van der Waals surface area contributed by atoms with Crippen LogP contribution in [-0.4, -0.2) is 11.4 Å². The highest BCUT2D eigenvalue weighted by Crippen LogP contribution is 2.26. The van der Waals surface area contributed by atoms with Gasteiger partial charge in [0.05, 0.1) is 5.71 Å². The van der Waals surface area contributed by atoms with E-state index in [1.807, 2.05) is 24.3 Å². The summed E-state index contributed by atoms with van der Waals surface area (Å²) in [5.74, 6) is 0. The van der Waals surface area contributed by atoms with Gasteiger partial charge in [-0.25, -0.2) is 0 Å². The molecular formula is C18H18N2. The summed E-state index contributed by atoms with van der Waals surface area (Å²) in [6.07, 6.45) is 1.29. The maximum atomic E-state index is 8.62. The van der Waals surface area contributed by atoms with Crippen LogP contribution in [-0.2, 0) is 12.8 Å². The number of nitrogens with one attached hydrogen (secondary N) is 2. The largest absolute Gasteiger partial charge is 0.309 e. The Labute approximate surface area is 119 Å². The fourth-order valence-electron chi connectivity index (χ4n) is 2.94. The molecule has 2 nitrogen and oxygen atoms in total. The van der Waals surface area contributed by atoms with Crippen molar-refractivity contribution in [2.24, 2.45) is 0 Å². The summed E-state index contributed by atoms with van der Waals surface area (Å²) >= 11 is 0. The average molecular weight is 262 g/mol. The zero-order valence-electron chi connectivity index (χ0n) is 11.9. The minimum absolute atomic E-state index is 0.601. The molecule has 0 saturated carbocycles. The molecule has 2 heteroatoms. The number of aryl methyl sites for hydroxylation is 1. The van der Waals surface area contributed by atoms with Gasteiger partial charge in [0.1, 0.15) is 0 Å². The summed E-state index contributed by atoms with van der Waals surface area (Å²) < 4.78 is 0. The Morgan fingerprint density at radius 2 is 1.55 bits per heavy atom. The van der Waals surface area contributed by atoms with Crippen molar-refractivity contribution in [3.05, 3.63) is 69.8 Å². The van der Waals surface area contributed by atoms with E-state index in [0.717, 1.165) is 33.5 Å². The normalized spacial score (nSPS) is 14.3. The molecule has 0 saturated heterocycles. The highest BCUT2D eigenvalue weighted by atomic mass is 14.5. The van der Waals surface area contributed by atoms with Crippen molar-refractivity contribution in [1.82, 2.24) is 0 Å². The van der Waals surface area contributed by atoms with Crippen molar-refractivity contribution in [3.63, 3.8) is 0 Å². The number of hydrogen-bond acceptors (Lipinski definition) is 2. The third-order valence-corrected chi connectivity index (χ3v) is 4.17. The van der Waals surface area contributed by atoms with Gasteiger partial charge in [0.25, 0.3) is 0 Å². The second-order valence-corrected chi connectivity index (χ2v) is 5.53. The first-order valence-corrected chi connectivity index (χ1v) is 6.90. The molecule has 20 heavy (non-hydrogen) atoms. The van der Waals surface area contributed by atoms with E-state index in [1.54, 1.807) is 0 Å². The van der Waals surface area contributed by atoms with Gasteiger partial charge < -0.3 is 5.41 Å². The molecule has 2 N–H and O–H groups in total. The van der Waals surface area contributed by atoms with Crippen molar-refractivity contribution in [3.8, 4) is 0 Å². The Bertz CT molecular complexity index is 726. The lowest BCUT2D eigenvalue weighted by Gasteiger charge is -2.21. The molecule has 3 rings (SSSR count). The summed E-state index contributed by atoms with van der Waals surface area (Å²) in [5.41, 5.74) is 7.87. The van der Waals surface area contributed by atoms with Gasteiger partial charge in [-0.05, 0) is 36.1 Å². The standard InChI is InChI=1S/C18H18N2/c1-11-7-8-14-10-15(19)9-13-5-3-4-6-16(13)18(20)17(14)12(11)2/h3-8,19-20H,9-10H2,1-2H3. The topological polar surface area (TPSA) is 47.7 Å². The average Bonchev–Trinajstić information content (AvgIpc) is 2.42. The SMILES string of the molecule is Cc1ccc2c(c1C)C(=N)c1ccccc1CC(=N)C2. The van der Waals surface area contributed by atoms with Crippen LogP contribution in [0, 0.1) is 24.7 Å². The van der Waals surface area contributed by atoms with Crippen LogP contribution in [0.2, 0.25) is 0 Å². The van der Waals surface area contributed by atoms with Crippen molar-refractivity contribution >= 4 is 11.4 Å². The zero-order chi connectivity index (χ0) is 14.3. The first-order chi connectivity index (χ1) is 9.58. The molecular weight excluding hydrogens is 244 g/mol. The molecule has 0 aromatic heterocycles. The minimum atomic E-state index is 0.601. The van der Waals surface area contributed by atoms with E-state index in [4.69, 9.17) is 10.8 Å². The van der Waals surface area contributed by atoms with Gasteiger partial charge in [-0.15, -0.1) is 0 Å². The summed E-state index contributed by atoms with van der Waals surface area (Å²) in [5, 5.41) is 16.8. The molecule has 0 unspecified atom stereocenters. The maximum Gasteiger partial charge on any atom is 0.0693 e. The molecule has 2 aromatic rings. The van der Waals surface area contributed by atoms with Crippen molar-refractivity contribution in [2.45, 2.75) is 26.7 Å². The van der Waals surface area contributed by atoms with E-state index in [1.165, 1.54) is 5.56 Å². The van der Waals surface area contributed by atoms with Crippen LogP contribution >= 0.6 is 0 Å². The maximum absolute atomic E-state index is 8.62. The third-order valence-electron chi connectivity index (χ3n) is 4.17. The monoisotopic (exact) mass is 262 g/mol. The quantitative estimate of drug-likeness (QED) is 0.725. The van der Waals surface area contributed by atoms with Crippen LogP contribution in [0.15, 0.2) is 36.4 Å². The molecule has 0 bridgehead atoms. The van der Waals surface area contributed by atoms with Gasteiger partial charge in [-0.2, -0.15) is 0 Å². The van der Waals surface area contributed by atoms with Crippen LogP contribution < -0.4 is 0 Å². The van der Waals surface area contributed by atoms with Gasteiger partial charge in [0.2, 0.25) is 0 Å². The fraction of sp³-hybridized carbons (Fsp3) is 0.222. The number of rotatable bonds is 0. The lowest BCUT2D eigenvalue weighted by Crippen LogP contribution is -2.19. The molecule has 2 aromatic carbocycles. The molecule has 0 amide bonds. The summed E-state index contributed by atoms with van der Waals surface area (Å²) in [4.78, 5) is 0. The third kappa shape index (κ3) is 1.97. The second-order valence-electron chi connectivity index (χ2n) is 5.53. The highest BCUT2D eigenvalue weighted by molar-refractivity contribution is 6.15. The zero-order valence-corrected chi connectivity index (χ0v) is 11.9. The van der Waals surface area contributed by atoms with E-state index >= 15 is 0 Å². The molecule has 0 heterocycles. The Hall–Kier alpha value is -2.22. The van der Waals surface area contributed by atoms with E-state index in [2.05, 4.69) is 26.0 Å². The van der Waals surface area contributed by atoms with Crippen LogP contribution in [0.3, 0.4) is 0 Å². The molecule has 1 aliphatic rings. The predicted molar refractivity (Wildman–Crippen MR) is 83.4 cm³/mol. The highest BCUT2D eigenvalue weighted by Gasteiger charge is 2.20. The molecule has 0 fully saturated rings. The summed E-state index contributed by atoms with van der Waals surface area (Å²) in [7, 11) is 0. The van der Waals surface area contributed by atoms with Gasteiger partial charge in [-0.3, -0.25) is 5.41 Å². The van der Waals surface area contributed by atoms with E-state index in [9.17, 15) is 0 Å².